The van der Waals surface area contributed by atoms with E-state index in [1.54, 1.807) is 6.26 Å². The lowest BCUT2D eigenvalue weighted by atomic mass is 10.1. The van der Waals surface area contributed by atoms with Crippen LogP contribution in [0.1, 0.15) is 38.0 Å². The second-order valence-corrected chi connectivity index (χ2v) is 2.76. The van der Waals surface area contributed by atoms with Crippen LogP contribution in [0.2, 0.25) is 0 Å². The topological polar surface area (TPSA) is 39.2 Å². The fraction of sp³-hybridized carbons (Fsp3) is 0.556. The van der Waals surface area contributed by atoms with Gasteiger partial charge < -0.3 is 10.2 Å². The average Bonchev–Trinajstić information content (AvgIpc) is 2.52. The van der Waals surface area contributed by atoms with Crippen molar-refractivity contribution in [3.8, 4) is 0 Å². The van der Waals surface area contributed by atoms with Crippen molar-refractivity contribution in [2.24, 2.45) is 5.73 Å². The van der Waals surface area contributed by atoms with Crippen LogP contribution in [0.5, 0.6) is 0 Å². The number of rotatable bonds is 4. The summed E-state index contributed by atoms with van der Waals surface area (Å²) in [5.41, 5.74) is 5.83. The third-order valence-electron chi connectivity index (χ3n) is 1.78. The lowest BCUT2D eigenvalue weighted by Gasteiger charge is -2.06. The van der Waals surface area contributed by atoms with E-state index in [2.05, 4.69) is 6.92 Å². The fourth-order valence-electron chi connectivity index (χ4n) is 1.07. The molecule has 1 atom stereocenters. The Morgan fingerprint density at radius 3 is 2.83 bits per heavy atom. The third-order valence-corrected chi connectivity index (χ3v) is 1.78. The summed E-state index contributed by atoms with van der Waals surface area (Å²) in [5, 5.41) is 0. The second kappa shape index (κ2) is 6.09. The Bertz CT molecular complexity index is 186. The molecule has 0 saturated heterocycles. The first-order valence-electron chi connectivity index (χ1n) is 4.13. The van der Waals surface area contributed by atoms with Crippen molar-refractivity contribution in [2.45, 2.75) is 32.2 Å². The van der Waals surface area contributed by atoms with Gasteiger partial charge in [0.1, 0.15) is 5.76 Å². The Balaban J connectivity index is 0.00000121. The Morgan fingerprint density at radius 2 is 2.33 bits per heavy atom. The number of hydrogen-bond donors (Lipinski definition) is 1. The van der Waals surface area contributed by atoms with Gasteiger partial charge in [0.15, 0.2) is 0 Å². The molecule has 0 saturated carbocycles. The fourth-order valence-corrected chi connectivity index (χ4v) is 1.07. The molecule has 1 unspecified atom stereocenters. The van der Waals surface area contributed by atoms with Gasteiger partial charge in [-0.05, 0) is 18.6 Å². The van der Waals surface area contributed by atoms with Crippen molar-refractivity contribution in [3.63, 3.8) is 0 Å². The zero-order chi connectivity index (χ0) is 8.10. The van der Waals surface area contributed by atoms with Crippen molar-refractivity contribution in [2.75, 3.05) is 0 Å². The normalized spacial score (nSPS) is 12.2. The lowest BCUT2D eigenvalue weighted by Crippen LogP contribution is -2.08. The first-order valence-corrected chi connectivity index (χ1v) is 4.13. The summed E-state index contributed by atoms with van der Waals surface area (Å²) in [4.78, 5) is 0. The zero-order valence-corrected chi connectivity index (χ0v) is 8.14. The molecular formula is C9H16ClNO. The predicted molar refractivity (Wildman–Crippen MR) is 52.4 cm³/mol. The molecule has 0 fully saturated rings. The lowest BCUT2D eigenvalue weighted by molar-refractivity contribution is 0.444. The van der Waals surface area contributed by atoms with Gasteiger partial charge >= 0.3 is 0 Å². The molecule has 3 heteroatoms. The Labute approximate surface area is 79.5 Å². The largest absolute Gasteiger partial charge is 0.468 e. The molecule has 12 heavy (non-hydrogen) atoms. The quantitative estimate of drug-likeness (QED) is 0.791. The summed E-state index contributed by atoms with van der Waals surface area (Å²) in [6.07, 6.45) is 5.04. The van der Waals surface area contributed by atoms with Gasteiger partial charge in [0.05, 0.1) is 12.3 Å². The van der Waals surface area contributed by atoms with Crippen LogP contribution in [0.25, 0.3) is 0 Å². The van der Waals surface area contributed by atoms with Gasteiger partial charge in [-0.25, -0.2) is 0 Å². The van der Waals surface area contributed by atoms with Crippen LogP contribution in [0.3, 0.4) is 0 Å². The van der Waals surface area contributed by atoms with E-state index in [0.717, 1.165) is 12.2 Å². The summed E-state index contributed by atoms with van der Waals surface area (Å²) in [7, 11) is 0. The van der Waals surface area contributed by atoms with Gasteiger partial charge in [0.2, 0.25) is 0 Å². The molecule has 0 aliphatic carbocycles. The number of nitrogens with two attached hydrogens (primary N) is 1. The smallest absolute Gasteiger partial charge is 0.120 e. The van der Waals surface area contributed by atoms with E-state index < -0.39 is 0 Å². The SMILES string of the molecule is CCCCC(N)c1ccco1.Cl. The second-order valence-electron chi connectivity index (χ2n) is 2.76. The van der Waals surface area contributed by atoms with Gasteiger partial charge in [0.25, 0.3) is 0 Å². The summed E-state index contributed by atoms with van der Waals surface area (Å²) in [5.74, 6) is 0.901. The first kappa shape index (κ1) is 11.5. The number of hydrogen-bond acceptors (Lipinski definition) is 2. The maximum absolute atomic E-state index is 5.83. The number of furan rings is 1. The van der Waals surface area contributed by atoms with Crippen molar-refractivity contribution >= 4 is 12.4 Å². The highest BCUT2D eigenvalue weighted by molar-refractivity contribution is 5.85. The molecule has 0 aliphatic heterocycles. The molecule has 1 aromatic rings. The van der Waals surface area contributed by atoms with Crippen LogP contribution in [0.15, 0.2) is 22.8 Å². The van der Waals surface area contributed by atoms with Crippen LogP contribution in [-0.2, 0) is 0 Å². The minimum atomic E-state index is 0. The van der Waals surface area contributed by atoms with Gasteiger partial charge in [-0.2, -0.15) is 0 Å². The van der Waals surface area contributed by atoms with Crippen molar-refractivity contribution in [3.05, 3.63) is 24.2 Å². The van der Waals surface area contributed by atoms with E-state index in [0.29, 0.717) is 0 Å². The average molecular weight is 190 g/mol. The monoisotopic (exact) mass is 189 g/mol. The summed E-state index contributed by atoms with van der Waals surface area (Å²) in [6, 6.07) is 3.89. The molecule has 2 nitrogen and oxygen atoms in total. The highest BCUT2D eigenvalue weighted by Gasteiger charge is 2.06. The van der Waals surface area contributed by atoms with Crippen molar-refractivity contribution in [1.29, 1.82) is 0 Å². The van der Waals surface area contributed by atoms with Gasteiger partial charge in [-0.15, -0.1) is 12.4 Å². The summed E-state index contributed by atoms with van der Waals surface area (Å²) in [6.45, 7) is 2.16. The molecule has 1 aromatic heterocycles. The Morgan fingerprint density at radius 1 is 1.58 bits per heavy atom. The Kier molecular flexibility index (Phi) is 5.85. The maximum Gasteiger partial charge on any atom is 0.120 e. The van der Waals surface area contributed by atoms with E-state index in [4.69, 9.17) is 10.2 Å². The first-order chi connectivity index (χ1) is 5.34. The van der Waals surface area contributed by atoms with E-state index in [1.165, 1.54) is 12.8 Å². The van der Waals surface area contributed by atoms with Gasteiger partial charge in [-0.1, -0.05) is 19.8 Å². The number of unbranched alkanes of at least 4 members (excludes halogenated alkanes) is 1. The van der Waals surface area contributed by atoms with Gasteiger partial charge in [-0.3, -0.25) is 0 Å². The highest BCUT2D eigenvalue weighted by Crippen LogP contribution is 2.16. The van der Waals surface area contributed by atoms with Crippen LogP contribution < -0.4 is 5.73 Å². The molecule has 1 heterocycles. The van der Waals surface area contributed by atoms with E-state index in [9.17, 15) is 0 Å². The van der Waals surface area contributed by atoms with Crippen LogP contribution in [0, 0.1) is 0 Å². The van der Waals surface area contributed by atoms with E-state index in [-0.39, 0.29) is 18.4 Å². The van der Waals surface area contributed by atoms with Gasteiger partial charge in [0, 0.05) is 0 Å². The molecule has 0 amide bonds. The zero-order valence-electron chi connectivity index (χ0n) is 7.32. The molecule has 0 aliphatic rings. The molecule has 0 radical (unpaired) electrons. The van der Waals surface area contributed by atoms with Crippen LogP contribution in [0.4, 0.5) is 0 Å². The summed E-state index contributed by atoms with van der Waals surface area (Å²) >= 11 is 0. The molecular weight excluding hydrogens is 174 g/mol. The minimum Gasteiger partial charge on any atom is -0.468 e. The maximum atomic E-state index is 5.83. The Hall–Kier alpha value is -0.470. The van der Waals surface area contributed by atoms with Crippen molar-refractivity contribution < 1.29 is 4.42 Å². The van der Waals surface area contributed by atoms with Crippen LogP contribution >= 0.6 is 12.4 Å². The van der Waals surface area contributed by atoms with E-state index in [1.807, 2.05) is 12.1 Å². The molecule has 0 aromatic carbocycles. The molecule has 2 N–H and O–H groups in total. The molecule has 1 rings (SSSR count). The van der Waals surface area contributed by atoms with Crippen LogP contribution in [-0.4, -0.2) is 0 Å². The molecule has 0 spiro atoms. The molecule has 0 bridgehead atoms. The molecule has 70 valence electrons. The minimum absolute atomic E-state index is 0. The summed E-state index contributed by atoms with van der Waals surface area (Å²) < 4.78 is 5.17. The standard InChI is InChI=1S/C9H15NO.ClH/c1-2-3-5-8(10)9-6-4-7-11-9;/h4,6-8H,2-3,5,10H2,1H3;1H. The third kappa shape index (κ3) is 3.28. The predicted octanol–water partition coefficient (Wildman–Crippen LogP) is 2.89. The van der Waals surface area contributed by atoms with E-state index >= 15 is 0 Å². The highest BCUT2D eigenvalue weighted by atomic mass is 35.5. The number of halogens is 1. The van der Waals surface area contributed by atoms with Crippen molar-refractivity contribution in [1.82, 2.24) is 0 Å².